The summed E-state index contributed by atoms with van der Waals surface area (Å²) in [6, 6.07) is 10.8. The lowest BCUT2D eigenvalue weighted by molar-refractivity contribution is -0.117. The molecule has 2 atom stereocenters. The third-order valence-corrected chi connectivity index (χ3v) is 6.13. The van der Waals surface area contributed by atoms with Gasteiger partial charge in [0, 0.05) is 29.1 Å². The van der Waals surface area contributed by atoms with Crippen LogP contribution in [0, 0.1) is 19.7 Å². The molecule has 3 amide bonds. The van der Waals surface area contributed by atoms with Gasteiger partial charge < -0.3 is 20.9 Å². The number of nitrogens with one attached hydrogen (secondary N) is 4. The molecule has 0 saturated carbocycles. The molecule has 2 unspecified atom stereocenters. The Bertz CT molecular complexity index is 1230. The summed E-state index contributed by atoms with van der Waals surface area (Å²) >= 11 is 0. The minimum atomic E-state index is -0.469. The van der Waals surface area contributed by atoms with Gasteiger partial charge in [-0.05, 0) is 67.8 Å². The van der Waals surface area contributed by atoms with Crippen molar-refractivity contribution in [1.29, 1.82) is 0 Å². The van der Waals surface area contributed by atoms with Crippen LogP contribution >= 0.6 is 0 Å². The largest absolute Gasteiger partial charge is 0.360 e. The third-order valence-electron chi connectivity index (χ3n) is 6.13. The zero-order chi connectivity index (χ0) is 23.7. The number of rotatable bonds is 7. The van der Waals surface area contributed by atoms with Gasteiger partial charge in [0.1, 0.15) is 5.82 Å². The molecule has 0 radical (unpaired) electrons. The molecule has 1 aromatic heterocycles. The molecule has 4 rings (SSSR count). The molecule has 1 aliphatic rings. The number of aromatic amines is 1. The van der Waals surface area contributed by atoms with Crippen LogP contribution in [0.3, 0.4) is 0 Å². The van der Waals surface area contributed by atoms with Gasteiger partial charge in [-0.25, -0.2) is 4.39 Å². The lowest BCUT2D eigenvalue weighted by atomic mass is 9.93. The van der Waals surface area contributed by atoms with Crippen molar-refractivity contribution in [2.24, 2.45) is 0 Å². The summed E-state index contributed by atoms with van der Waals surface area (Å²) in [5.41, 5.74) is 5.91. The first-order valence-electron chi connectivity index (χ1n) is 10.7. The average molecular weight is 448 g/mol. The number of H-pyrrole nitrogens is 1. The number of carbonyl (C=O) groups is 3. The predicted octanol–water partition coefficient (Wildman–Crippen LogP) is 4.11. The van der Waals surface area contributed by atoms with Crippen LogP contribution in [-0.4, -0.2) is 23.2 Å². The van der Waals surface area contributed by atoms with Crippen LogP contribution in [0.4, 0.5) is 15.8 Å². The van der Waals surface area contributed by atoms with E-state index in [2.05, 4.69) is 20.9 Å². The van der Waals surface area contributed by atoms with Gasteiger partial charge in [-0.2, -0.15) is 0 Å². The van der Waals surface area contributed by atoms with E-state index < -0.39 is 5.92 Å². The molecule has 2 heterocycles. The SMILES string of the molecule is Cc1[nH]c(CC2C(=O)Nc3ccc(C(=O)NC(C)c4ccc(F)cc4)cc32)c(C)c1NC=O. The summed E-state index contributed by atoms with van der Waals surface area (Å²) in [5.74, 6) is -1.22. The smallest absolute Gasteiger partial charge is 0.251 e. The van der Waals surface area contributed by atoms with E-state index in [-0.39, 0.29) is 23.7 Å². The Morgan fingerprint density at radius 1 is 1.18 bits per heavy atom. The number of benzene rings is 2. The van der Waals surface area contributed by atoms with E-state index in [9.17, 15) is 18.8 Å². The van der Waals surface area contributed by atoms with Crippen molar-refractivity contribution >= 4 is 29.6 Å². The molecular formula is C25H25FN4O3. The number of halogens is 1. The van der Waals surface area contributed by atoms with Crippen LogP contribution in [0.5, 0.6) is 0 Å². The summed E-state index contributed by atoms with van der Waals surface area (Å²) in [6.07, 6.45) is 1.03. The summed E-state index contributed by atoms with van der Waals surface area (Å²) in [7, 11) is 0. The minimum Gasteiger partial charge on any atom is -0.360 e. The van der Waals surface area contributed by atoms with Crippen molar-refractivity contribution in [3.05, 3.63) is 81.9 Å². The van der Waals surface area contributed by atoms with E-state index in [1.54, 1.807) is 30.3 Å². The van der Waals surface area contributed by atoms with Gasteiger partial charge in [0.25, 0.3) is 5.91 Å². The molecule has 7 nitrogen and oxygen atoms in total. The Balaban J connectivity index is 1.55. The van der Waals surface area contributed by atoms with Crippen molar-refractivity contribution < 1.29 is 18.8 Å². The van der Waals surface area contributed by atoms with Crippen LogP contribution in [0.1, 0.15) is 57.3 Å². The van der Waals surface area contributed by atoms with Crippen LogP contribution < -0.4 is 16.0 Å². The van der Waals surface area contributed by atoms with Gasteiger partial charge in [0.05, 0.1) is 17.6 Å². The fraction of sp³-hybridized carbons (Fsp3) is 0.240. The van der Waals surface area contributed by atoms with Crippen molar-refractivity contribution in [2.45, 2.75) is 39.2 Å². The van der Waals surface area contributed by atoms with Crippen LogP contribution in [-0.2, 0) is 16.0 Å². The summed E-state index contributed by atoms with van der Waals surface area (Å²) in [6.45, 7) is 5.57. The second-order valence-electron chi connectivity index (χ2n) is 8.29. The molecule has 0 fully saturated rings. The van der Waals surface area contributed by atoms with E-state index in [4.69, 9.17) is 0 Å². The highest BCUT2D eigenvalue weighted by Crippen LogP contribution is 2.37. The average Bonchev–Trinajstić information content (AvgIpc) is 3.24. The molecule has 8 heteroatoms. The summed E-state index contributed by atoms with van der Waals surface area (Å²) in [5, 5.41) is 8.49. The van der Waals surface area contributed by atoms with E-state index in [0.717, 1.165) is 28.1 Å². The molecular weight excluding hydrogens is 423 g/mol. The number of hydrogen-bond donors (Lipinski definition) is 4. The van der Waals surface area contributed by atoms with Crippen molar-refractivity contribution in [3.63, 3.8) is 0 Å². The van der Waals surface area contributed by atoms with Gasteiger partial charge >= 0.3 is 0 Å². The second kappa shape index (κ2) is 8.90. The Hall–Kier alpha value is -3.94. The first-order chi connectivity index (χ1) is 15.8. The molecule has 170 valence electrons. The molecule has 2 aromatic carbocycles. The maximum Gasteiger partial charge on any atom is 0.251 e. The molecule has 1 aliphatic heterocycles. The number of amides is 3. The lowest BCUT2D eigenvalue weighted by Gasteiger charge is -2.15. The number of hydrogen-bond acceptors (Lipinski definition) is 3. The van der Waals surface area contributed by atoms with E-state index >= 15 is 0 Å². The maximum absolute atomic E-state index is 13.2. The van der Waals surface area contributed by atoms with Gasteiger partial charge in [0.2, 0.25) is 12.3 Å². The predicted molar refractivity (Wildman–Crippen MR) is 124 cm³/mol. The molecule has 0 aliphatic carbocycles. The Labute approximate surface area is 190 Å². The van der Waals surface area contributed by atoms with E-state index in [1.807, 2.05) is 20.8 Å². The zero-order valence-corrected chi connectivity index (χ0v) is 18.6. The minimum absolute atomic E-state index is 0.140. The monoisotopic (exact) mass is 448 g/mol. The normalized spacial score (nSPS) is 15.5. The lowest BCUT2D eigenvalue weighted by Crippen LogP contribution is -2.26. The van der Waals surface area contributed by atoms with Crippen LogP contribution in [0.2, 0.25) is 0 Å². The highest BCUT2D eigenvalue weighted by atomic mass is 19.1. The Morgan fingerprint density at radius 3 is 2.61 bits per heavy atom. The fourth-order valence-electron chi connectivity index (χ4n) is 4.28. The standard InChI is InChI=1S/C25H25FN4O3/c1-13-22(28-15(3)23(13)27-12-31)11-20-19-10-17(6-9-21(19)30-25(20)33)24(32)29-14(2)16-4-7-18(26)8-5-16/h4-10,12,14,20,28H,11H2,1-3H3,(H,27,31)(H,29,32)(H,30,33). The third kappa shape index (κ3) is 4.37. The number of carbonyl (C=O) groups excluding carboxylic acids is 3. The topological polar surface area (TPSA) is 103 Å². The highest BCUT2D eigenvalue weighted by Gasteiger charge is 2.32. The molecule has 0 saturated heterocycles. The first kappa shape index (κ1) is 22.3. The van der Waals surface area contributed by atoms with Crippen molar-refractivity contribution in [2.75, 3.05) is 10.6 Å². The number of fused-ring (bicyclic) bond motifs is 1. The molecule has 0 spiro atoms. The van der Waals surface area contributed by atoms with Crippen LogP contribution in [0.25, 0.3) is 0 Å². The number of aromatic nitrogens is 1. The van der Waals surface area contributed by atoms with E-state index in [0.29, 0.717) is 29.8 Å². The van der Waals surface area contributed by atoms with Crippen LogP contribution in [0.15, 0.2) is 42.5 Å². The summed E-state index contributed by atoms with van der Waals surface area (Å²) in [4.78, 5) is 39.7. The van der Waals surface area contributed by atoms with Gasteiger partial charge in [-0.15, -0.1) is 0 Å². The zero-order valence-electron chi connectivity index (χ0n) is 18.6. The van der Waals surface area contributed by atoms with Crippen molar-refractivity contribution in [3.8, 4) is 0 Å². The fourth-order valence-corrected chi connectivity index (χ4v) is 4.28. The maximum atomic E-state index is 13.2. The van der Waals surface area contributed by atoms with Gasteiger partial charge in [-0.1, -0.05) is 12.1 Å². The molecule has 4 N–H and O–H groups in total. The number of anilines is 2. The van der Waals surface area contributed by atoms with Gasteiger partial charge in [-0.3, -0.25) is 14.4 Å². The van der Waals surface area contributed by atoms with Crippen molar-refractivity contribution in [1.82, 2.24) is 10.3 Å². The quantitative estimate of drug-likeness (QED) is 0.409. The summed E-state index contributed by atoms with van der Waals surface area (Å²) < 4.78 is 13.2. The van der Waals surface area contributed by atoms with E-state index in [1.165, 1.54) is 12.1 Å². The Kier molecular flexibility index (Phi) is 6.00. The second-order valence-corrected chi connectivity index (χ2v) is 8.29. The molecule has 33 heavy (non-hydrogen) atoms. The first-order valence-corrected chi connectivity index (χ1v) is 10.7. The molecule has 0 bridgehead atoms. The molecule has 3 aromatic rings. The number of aryl methyl sites for hydroxylation is 1. The Morgan fingerprint density at radius 2 is 1.91 bits per heavy atom. The highest BCUT2D eigenvalue weighted by molar-refractivity contribution is 6.04. The van der Waals surface area contributed by atoms with Gasteiger partial charge in [0.15, 0.2) is 0 Å².